The molecule has 0 saturated carbocycles. The third-order valence-electron chi connectivity index (χ3n) is 2.97. The van der Waals surface area contributed by atoms with Crippen LogP contribution in [0.25, 0.3) is 0 Å². The summed E-state index contributed by atoms with van der Waals surface area (Å²) in [4.78, 5) is 23.9. The van der Waals surface area contributed by atoms with Gasteiger partial charge in [-0.05, 0) is 19.3 Å². The molecule has 1 rings (SSSR count). The molecule has 7 nitrogen and oxygen atoms in total. The van der Waals surface area contributed by atoms with Crippen LogP contribution in [0.4, 0.5) is 4.79 Å². The molecule has 0 unspecified atom stereocenters. The average Bonchev–Trinajstić information content (AvgIpc) is 2.41. The minimum Gasteiger partial charge on any atom is -0.480 e. The number of carboxylic acid groups (broad SMARTS) is 1. The van der Waals surface area contributed by atoms with Crippen molar-refractivity contribution in [3.05, 3.63) is 0 Å². The van der Waals surface area contributed by atoms with Crippen molar-refractivity contribution in [2.75, 3.05) is 40.0 Å². The molecule has 1 saturated heterocycles. The summed E-state index contributed by atoms with van der Waals surface area (Å²) in [5.74, 6) is -0.960. The van der Waals surface area contributed by atoms with Gasteiger partial charge in [0.2, 0.25) is 0 Å². The zero-order valence-corrected chi connectivity index (χ0v) is 11.3. The molecule has 0 aromatic carbocycles. The largest absolute Gasteiger partial charge is 0.480 e. The Balaban J connectivity index is 2.14. The number of urea groups is 1. The number of ether oxygens (including phenoxy) is 2. The SMILES string of the molecule is COCCCNC(=O)N1CCC(OCC(=O)O)CC1. The highest BCUT2D eigenvalue weighted by Crippen LogP contribution is 2.13. The van der Waals surface area contributed by atoms with Crippen molar-refractivity contribution in [3.63, 3.8) is 0 Å². The standard InChI is InChI=1S/C12H22N2O5/c1-18-8-2-5-13-12(17)14-6-3-10(4-7-14)19-9-11(15)16/h10H,2-9H2,1H3,(H,13,17)(H,15,16). The number of piperidine rings is 1. The lowest BCUT2D eigenvalue weighted by atomic mass is 10.1. The van der Waals surface area contributed by atoms with Crippen LogP contribution in [0.3, 0.4) is 0 Å². The number of rotatable bonds is 7. The topological polar surface area (TPSA) is 88.1 Å². The number of nitrogens with one attached hydrogen (secondary N) is 1. The summed E-state index contributed by atoms with van der Waals surface area (Å²) in [6.45, 7) is 2.15. The molecule has 0 atom stereocenters. The van der Waals surface area contributed by atoms with Gasteiger partial charge in [0, 0.05) is 33.4 Å². The van der Waals surface area contributed by atoms with Gasteiger partial charge in [0.05, 0.1) is 6.10 Å². The Morgan fingerprint density at radius 2 is 2.05 bits per heavy atom. The van der Waals surface area contributed by atoms with E-state index in [1.165, 1.54) is 0 Å². The van der Waals surface area contributed by atoms with Crippen LogP contribution in [-0.2, 0) is 14.3 Å². The molecule has 2 amide bonds. The highest BCUT2D eigenvalue weighted by Gasteiger charge is 2.23. The fraction of sp³-hybridized carbons (Fsp3) is 0.833. The van der Waals surface area contributed by atoms with Crippen LogP contribution in [0, 0.1) is 0 Å². The lowest BCUT2D eigenvalue weighted by Crippen LogP contribution is -2.46. The number of hydrogen-bond acceptors (Lipinski definition) is 4. The van der Waals surface area contributed by atoms with Crippen molar-refractivity contribution in [2.24, 2.45) is 0 Å². The van der Waals surface area contributed by atoms with Gasteiger partial charge in [0.25, 0.3) is 0 Å². The van der Waals surface area contributed by atoms with Crippen LogP contribution in [0.5, 0.6) is 0 Å². The van der Waals surface area contributed by atoms with Crippen LogP contribution in [0.15, 0.2) is 0 Å². The Labute approximate surface area is 112 Å². The van der Waals surface area contributed by atoms with Crippen LogP contribution in [0.1, 0.15) is 19.3 Å². The molecule has 1 aliphatic rings. The van der Waals surface area contributed by atoms with E-state index >= 15 is 0 Å². The maximum Gasteiger partial charge on any atom is 0.329 e. The molecule has 19 heavy (non-hydrogen) atoms. The highest BCUT2D eigenvalue weighted by molar-refractivity contribution is 5.74. The summed E-state index contributed by atoms with van der Waals surface area (Å²) in [7, 11) is 1.63. The van der Waals surface area contributed by atoms with E-state index in [2.05, 4.69) is 5.32 Å². The molecule has 1 aliphatic heterocycles. The van der Waals surface area contributed by atoms with Crippen molar-refractivity contribution in [1.82, 2.24) is 10.2 Å². The zero-order chi connectivity index (χ0) is 14.1. The maximum absolute atomic E-state index is 11.8. The molecular formula is C12H22N2O5. The zero-order valence-electron chi connectivity index (χ0n) is 11.3. The van der Waals surface area contributed by atoms with E-state index in [1.54, 1.807) is 12.0 Å². The number of amides is 2. The number of hydrogen-bond donors (Lipinski definition) is 2. The Kier molecular flexibility index (Phi) is 7.20. The number of methoxy groups -OCH3 is 1. The molecule has 0 spiro atoms. The van der Waals surface area contributed by atoms with Gasteiger partial charge in [-0.3, -0.25) is 0 Å². The van der Waals surface area contributed by atoms with E-state index in [-0.39, 0.29) is 18.7 Å². The van der Waals surface area contributed by atoms with Gasteiger partial charge in [-0.1, -0.05) is 0 Å². The lowest BCUT2D eigenvalue weighted by Gasteiger charge is -2.31. The van der Waals surface area contributed by atoms with Gasteiger partial charge >= 0.3 is 12.0 Å². The van der Waals surface area contributed by atoms with E-state index in [0.29, 0.717) is 39.1 Å². The van der Waals surface area contributed by atoms with E-state index in [9.17, 15) is 9.59 Å². The predicted octanol–water partition coefficient (Wildman–Crippen LogP) is 0.298. The summed E-state index contributed by atoms with van der Waals surface area (Å²) in [5.41, 5.74) is 0. The first-order valence-corrected chi connectivity index (χ1v) is 6.48. The van der Waals surface area contributed by atoms with Crippen LogP contribution in [0.2, 0.25) is 0 Å². The summed E-state index contributed by atoms with van der Waals surface area (Å²) < 4.78 is 10.1. The Hall–Kier alpha value is -1.34. The van der Waals surface area contributed by atoms with Gasteiger partial charge in [-0.25, -0.2) is 9.59 Å². The Morgan fingerprint density at radius 3 is 2.63 bits per heavy atom. The second-order valence-electron chi connectivity index (χ2n) is 4.47. The quantitative estimate of drug-likeness (QED) is 0.652. The number of carbonyl (C=O) groups excluding carboxylic acids is 1. The highest BCUT2D eigenvalue weighted by atomic mass is 16.5. The monoisotopic (exact) mass is 274 g/mol. The second-order valence-corrected chi connectivity index (χ2v) is 4.47. The molecule has 0 bridgehead atoms. The first-order chi connectivity index (χ1) is 9.13. The summed E-state index contributed by atoms with van der Waals surface area (Å²) in [6, 6.07) is -0.0761. The summed E-state index contributed by atoms with van der Waals surface area (Å²) in [5, 5.41) is 11.3. The molecule has 0 aromatic rings. The predicted molar refractivity (Wildman–Crippen MR) is 68.1 cm³/mol. The molecule has 0 aromatic heterocycles. The Bertz CT molecular complexity index is 290. The number of carbonyl (C=O) groups is 2. The van der Waals surface area contributed by atoms with Gasteiger partial charge in [-0.2, -0.15) is 0 Å². The van der Waals surface area contributed by atoms with Gasteiger partial charge < -0.3 is 24.8 Å². The first-order valence-electron chi connectivity index (χ1n) is 6.48. The van der Waals surface area contributed by atoms with Gasteiger partial charge in [0.15, 0.2) is 0 Å². The maximum atomic E-state index is 11.8. The number of carboxylic acids is 1. The van der Waals surface area contributed by atoms with Crippen molar-refractivity contribution in [2.45, 2.75) is 25.4 Å². The minimum atomic E-state index is -0.960. The van der Waals surface area contributed by atoms with E-state index < -0.39 is 5.97 Å². The fourth-order valence-electron chi connectivity index (χ4n) is 1.94. The molecule has 7 heteroatoms. The molecule has 0 radical (unpaired) electrons. The second kappa shape index (κ2) is 8.71. The first kappa shape index (κ1) is 15.7. The third kappa shape index (κ3) is 6.40. The lowest BCUT2D eigenvalue weighted by molar-refractivity contribution is -0.145. The van der Waals surface area contributed by atoms with Crippen molar-refractivity contribution < 1.29 is 24.2 Å². The van der Waals surface area contributed by atoms with Crippen LogP contribution < -0.4 is 5.32 Å². The molecule has 1 heterocycles. The van der Waals surface area contributed by atoms with Crippen LogP contribution in [-0.4, -0.2) is 68.1 Å². The van der Waals surface area contributed by atoms with E-state index in [4.69, 9.17) is 14.6 Å². The van der Waals surface area contributed by atoms with Crippen LogP contribution >= 0.6 is 0 Å². The molecule has 110 valence electrons. The van der Waals surface area contributed by atoms with Crippen molar-refractivity contribution in [3.8, 4) is 0 Å². The Morgan fingerprint density at radius 1 is 1.37 bits per heavy atom. The smallest absolute Gasteiger partial charge is 0.329 e. The summed E-state index contributed by atoms with van der Waals surface area (Å²) >= 11 is 0. The normalized spacial score (nSPS) is 16.4. The van der Waals surface area contributed by atoms with E-state index in [0.717, 1.165) is 6.42 Å². The van der Waals surface area contributed by atoms with Crippen molar-refractivity contribution >= 4 is 12.0 Å². The summed E-state index contributed by atoms with van der Waals surface area (Å²) in [6.07, 6.45) is 2.09. The van der Waals surface area contributed by atoms with E-state index in [1.807, 2.05) is 0 Å². The molecule has 1 fully saturated rings. The number of aliphatic carboxylic acids is 1. The average molecular weight is 274 g/mol. The molecule has 2 N–H and O–H groups in total. The molecule has 0 aliphatic carbocycles. The van der Waals surface area contributed by atoms with Gasteiger partial charge in [0.1, 0.15) is 6.61 Å². The molecular weight excluding hydrogens is 252 g/mol. The number of likely N-dealkylation sites (tertiary alicyclic amines) is 1. The fourth-order valence-corrected chi connectivity index (χ4v) is 1.94. The third-order valence-corrected chi connectivity index (χ3v) is 2.97. The number of nitrogens with zero attached hydrogens (tertiary/aromatic N) is 1. The minimum absolute atomic E-state index is 0.0614. The van der Waals surface area contributed by atoms with Gasteiger partial charge in [-0.15, -0.1) is 0 Å². The van der Waals surface area contributed by atoms with Crippen molar-refractivity contribution in [1.29, 1.82) is 0 Å².